The first-order chi connectivity index (χ1) is 20.0. The Morgan fingerprint density at radius 1 is 0.952 bits per heavy atom. The summed E-state index contributed by atoms with van der Waals surface area (Å²) in [6.45, 7) is 6.20. The van der Waals surface area contributed by atoms with Crippen LogP contribution in [0.3, 0.4) is 0 Å². The van der Waals surface area contributed by atoms with Crippen LogP contribution in [0.1, 0.15) is 44.7 Å². The molecule has 0 fully saturated rings. The van der Waals surface area contributed by atoms with Crippen molar-refractivity contribution in [3.05, 3.63) is 95.0 Å². The predicted molar refractivity (Wildman–Crippen MR) is 168 cm³/mol. The van der Waals surface area contributed by atoms with Crippen molar-refractivity contribution in [1.29, 1.82) is 0 Å². The molecule has 0 aromatic heterocycles. The van der Waals surface area contributed by atoms with Gasteiger partial charge in [0.15, 0.2) is 0 Å². The fourth-order valence-electron chi connectivity index (χ4n) is 4.69. The summed E-state index contributed by atoms with van der Waals surface area (Å²) in [5, 5.41) is 3.50. The average molecular weight is 614 g/mol. The number of sulfonamides is 1. The molecule has 2 amide bonds. The lowest BCUT2D eigenvalue weighted by Gasteiger charge is -2.32. The van der Waals surface area contributed by atoms with Crippen molar-refractivity contribution < 1.29 is 22.7 Å². The first-order valence-corrected chi connectivity index (χ1v) is 16.3. The second kappa shape index (κ2) is 15.6. The van der Waals surface area contributed by atoms with Crippen LogP contribution in [0.15, 0.2) is 78.9 Å². The summed E-state index contributed by atoms with van der Waals surface area (Å²) in [6, 6.07) is 22.8. The number of halogens is 1. The Balaban J connectivity index is 1.90. The standard InChI is InChI=1S/C32H40ClN3O5S/c1-5-41-30-18-10-9-17-28(30)36(42(4,39)40)20-12-19-31(37)35(23-26-15-11-16-27(33)21-26)29(32(38)34-24(2)3)22-25-13-7-6-8-14-25/h6-11,13-18,21,24,29H,5,12,19-20,22-23H2,1-4H3,(H,34,38)/t29-/m0/s1. The number of hydrogen-bond acceptors (Lipinski definition) is 5. The highest BCUT2D eigenvalue weighted by Crippen LogP contribution is 2.30. The second-order valence-corrected chi connectivity index (χ2v) is 12.7. The summed E-state index contributed by atoms with van der Waals surface area (Å²) in [5.74, 6) is -0.0680. The third kappa shape index (κ3) is 9.77. The van der Waals surface area contributed by atoms with Crippen LogP contribution in [0.2, 0.25) is 5.02 Å². The van der Waals surface area contributed by atoms with Crippen LogP contribution in [-0.4, -0.2) is 56.6 Å². The van der Waals surface area contributed by atoms with E-state index in [1.54, 1.807) is 47.4 Å². The Morgan fingerprint density at radius 2 is 1.62 bits per heavy atom. The van der Waals surface area contributed by atoms with Crippen molar-refractivity contribution in [2.75, 3.05) is 23.7 Å². The van der Waals surface area contributed by atoms with Gasteiger partial charge in [-0.1, -0.05) is 66.2 Å². The number of benzene rings is 3. The first-order valence-electron chi connectivity index (χ1n) is 14.1. The number of hydrogen-bond donors (Lipinski definition) is 1. The molecule has 1 atom stereocenters. The van der Waals surface area contributed by atoms with Crippen molar-refractivity contribution in [3.8, 4) is 5.75 Å². The van der Waals surface area contributed by atoms with Gasteiger partial charge in [-0.2, -0.15) is 0 Å². The van der Waals surface area contributed by atoms with E-state index >= 15 is 0 Å². The zero-order valence-corrected chi connectivity index (χ0v) is 26.2. The van der Waals surface area contributed by atoms with E-state index in [0.717, 1.165) is 17.4 Å². The molecule has 1 N–H and O–H groups in total. The van der Waals surface area contributed by atoms with E-state index in [0.29, 0.717) is 29.5 Å². The summed E-state index contributed by atoms with van der Waals surface area (Å²) in [4.78, 5) is 29.0. The number of amides is 2. The molecule has 0 bridgehead atoms. The second-order valence-electron chi connectivity index (χ2n) is 10.4. The van der Waals surface area contributed by atoms with Gasteiger partial charge in [0.1, 0.15) is 11.8 Å². The first kappa shape index (κ1) is 32.9. The zero-order valence-electron chi connectivity index (χ0n) is 24.6. The van der Waals surface area contributed by atoms with Crippen molar-refractivity contribution >= 4 is 39.1 Å². The molecule has 0 heterocycles. The maximum Gasteiger partial charge on any atom is 0.243 e. The van der Waals surface area contributed by atoms with Crippen LogP contribution in [-0.2, 0) is 32.6 Å². The third-order valence-corrected chi connectivity index (χ3v) is 7.94. The van der Waals surface area contributed by atoms with E-state index in [2.05, 4.69) is 5.32 Å². The van der Waals surface area contributed by atoms with E-state index < -0.39 is 16.1 Å². The molecular formula is C32H40ClN3O5S. The Bertz CT molecular complexity index is 1430. The number of rotatable bonds is 15. The van der Waals surface area contributed by atoms with E-state index in [1.165, 1.54) is 4.31 Å². The van der Waals surface area contributed by atoms with Gasteiger partial charge < -0.3 is 15.0 Å². The SMILES string of the molecule is CCOc1ccccc1N(CCCC(=O)N(Cc1cccc(Cl)c1)[C@@H](Cc1ccccc1)C(=O)NC(C)C)S(C)(=O)=O. The molecule has 0 aliphatic heterocycles. The van der Waals surface area contributed by atoms with Crippen molar-refractivity contribution in [1.82, 2.24) is 10.2 Å². The number of nitrogens with zero attached hydrogens (tertiary/aromatic N) is 2. The number of carbonyl (C=O) groups is 2. The molecule has 0 spiro atoms. The van der Waals surface area contributed by atoms with Gasteiger partial charge in [-0.25, -0.2) is 8.42 Å². The molecule has 0 aliphatic rings. The van der Waals surface area contributed by atoms with Gasteiger partial charge >= 0.3 is 0 Å². The summed E-state index contributed by atoms with van der Waals surface area (Å²) < 4.78 is 32.5. The van der Waals surface area contributed by atoms with Gasteiger partial charge in [0.05, 0.1) is 18.6 Å². The van der Waals surface area contributed by atoms with Gasteiger partial charge in [-0.05, 0) is 62.6 Å². The molecule has 3 rings (SSSR count). The Kier molecular flexibility index (Phi) is 12.2. The third-order valence-electron chi connectivity index (χ3n) is 6.53. The minimum Gasteiger partial charge on any atom is -0.492 e. The Hall–Kier alpha value is -3.56. The van der Waals surface area contributed by atoms with Crippen molar-refractivity contribution in [3.63, 3.8) is 0 Å². The fourth-order valence-corrected chi connectivity index (χ4v) is 5.87. The van der Waals surface area contributed by atoms with Gasteiger partial charge in [-0.3, -0.25) is 13.9 Å². The van der Waals surface area contributed by atoms with Gasteiger partial charge in [0, 0.05) is 37.0 Å². The topological polar surface area (TPSA) is 96.0 Å². The Morgan fingerprint density at radius 3 is 2.26 bits per heavy atom. The fraction of sp³-hybridized carbons (Fsp3) is 0.375. The Labute approximate surface area is 254 Å². The molecule has 3 aromatic carbocycles. The predicted octanol–water partition coefficient (Wildman–Crippen LogP) is 5.45. The molecule has 8 nitrogen and oxygen atoms in total. The van der Waals surface area contributed by atoms with Crippen LogP contribution in [0.5, 0.6) is 5.75 Å². The molecule has 42 heavy (non-hydrogen) atoms. The van der Waals surface area contributed by atoms with Gasteiger partial charge in [-0.15, -0.1) is 0 Å². The van der Waals surface area contributed by atoms with Crippen molar-refractivity contribution in [2.45, 2.75) is 58.7 Å². The number of carbonyl (C=O) groups excluding carboxylic acids is 2. The normalized spacial score (nSPS) is 12.0. The van der Waals surface area contributed by atoms with Crippen LogP contribution in [0.4, 0.5) is 5.69 Å². The molecule has 0 saturated carbocycles. The number of ether oxygens (including phenoxy) is 1. The summed E-state index contributed by atoms with van der Waals surface area (Å²) >= 11 is 6.25. The maximum absolute atomic E-state index is 13.9. The summed E-state index contributed by atoms with van der Waals surface area (Å²) in [6.07, 6.45) is 1.73. The monoisotopic (exact) mass is 613 g/mol. The van der Waals surface area contributed by atoms with Crippen LogP contribution in [0, 0.1) is 0 Å². The van der Waals surface area contributed by atoms with E-state index in [9.17, 15) is 18.0 Å². The highest BCUT2D eigenvalue weighted by Gasteiger charge is 2.31. The summed E-state index contributed by atoms with van der Waals surface area (Å²) in [7, 11) is -3.66. The minimum atomic E-state index is -3.66. The summed E-state index contributed by atoms with van der Waals surface area (Å²) in [5.41, 5.74) is 2.12. The lowest BCUT2D eigenvalue weighted by atomic mass is 10.0. The van der Waals surface area contributed by atoms with E-state index in [4.69, 9.17) is 16.3 Å². The highest BCUT2D eigenvalue weighted by atomic mass is 35.5. The van der Waals surface area contributed by atoms with Gasteiger partial charge in [0.25, 0.3) is 0 Å². The lowest BCUT2D eigenvalue weighted by Crippen LogP contribution is -2.51. The van der Waals surface area contributed by atoms with E-state index in [-0.39, 0.29) is 43.8 Å². The largest absolute Gasteiger partial charge is 0.492 e. The molecule has 3 aromatic rings. The van der Waals surface area contributed by atoms with Crippen molar-refractivity contribution in [2.24, 2.45) is 0 Å². The zero-order chi connectivity index (χ0) is 30.7. The molecule has 0 unspecified atom stereocenters. The molecular weight excluding hydrogens is 574 g/mol. The molecule has 10 heteroatoms. The van der Waals surface area contributed by atoms with Crippen LogP contribution in [0.25, 0.3) is 0 Å². The molecule has 226 valence electrons. The van der Waals surface area contributed by atoms with E-state index in [1.807, 2.05) is 57.2 Å². The lowest BCUT2D eigenvalue weighted by molar-refractivity contribution is -0.141. The number of nitrogens with one attached hydrogen (secondary N) is 1. The molecule has 0 radical (unpaired) electrons. The molecule has 0 saturated heterocycles. The van der Waals surface area contributed by atoms with Gasteiger partial charge in [0.2, 0.25) is 21.8 Å². The number of anilines is 1. The quantitative estimate of drug-likeness (QED) is 0.246. The smallest absolute Gasteiger partial charge is 0.243 e. The maximum atomic E-state index is 13.9. The highest BCUT2D eigenvalue weighted by molar-refractivity contribution is 7.92. The average Bonchev–Trinajstić information content (AvgIpc) is 2.93. The van der Waals surface area contributed by atoms with Crippen LogP contribution < -0.4 is 14.4 Å². The minimum absolute atomic E-state index is 0.0314. The molecule has 0 aliphatic carbocycles. The number of para-hydroxylation sites is 2. The van der Waals surface area contributed by atoms with Crippen LogP contribution >= 0.6 is 11.6 Å².